The van der Waals surface area contributed by atoms with Crippen LogP contribution >= 0.6 is 0 Å². The molecular formula is C22H26O6. The summed E-state index contributed by atoms with van der Waals surface area (Å²) in [5, 5.41) is 19.2. The number of aliphatic carboxylic acids is 1. The van der Waals surface area contributed by atoms with Crippen LogP contribution in [0.2, 0.25) is 0 Å². The summed E-state index contributed by atoms with van der Waals surface area (Å²) in [5.41, 5.74) is 1.14. The highest BCUT2D eigenvalue weighted by molar-refractivity contribution is 6.10. The molecule has 150 valence electrons. The van der Waals surface area contributed by atoms with Gasteiger partial charge in [0.15, 0.2) is 5.78 Å². The van der Waals surface area contributed by atoms with Crippen molar-refractivity contribution in [3.8, 4) is 17.2 Å². The number of phenolic OH excluding ortho intramolecular Hbond substituents is 1. The predicted octanol–water partition coefficient (Wildman–Crippen LogP) is 4.21. The first-order valence-electron chi connectivity index (χ1n) is 9.23. The normalized spacial score (nSPS) is 10.9. The smallest absolute Gasteiger partial charge is 0.303 e. The number of phenols is 1. The minimum absolute atomic E-state index is 0.0498. The zero-order valence-electron chi connectivity index (χ0n) is 16.6. The van der Waals surface area contributed by atoms with Crippen LogP contribution in [-0.4, -0.2) is 34.2 Å². The number of hydrogen-bond donors (Lipinski definition) is 2. The van der Waals surface area contributed by atoms with Gasteiger partial charge in [0.25, 0.3) is 0 Å². The lowest BCUT2D eigenvalue weighted by atomic mass is 9.98. The quantitative estimate of drug-likeness (QED) is 0.627. The van der Waals surface area contributed by atoms with Gasteiger partial charge in [0.1, 0.15) is 17.2 Å². The van der Waals surface area contributed by atoms with E-state index in [0.717, 1.165) is 0 Å². The average molecular weight is 386 g/mol. The standard InChI is InChI=1S/C22H26O6/c1-13(2)27-17-7-8-18(19(23)12-17)22(26)16-5-9-20(28-14(3)4)15(11-16)6-10-21(24)25/h5,7-9,11-14,23H,6,10H2,1-4H3,(H,24,25). The van der Waals surface area contributed by atoms with Gasteiger partial charge in [-0.15, -0.1) is 0 Å². The Morgan fingerprint density at radius 1 is 0.964 bits per heavy atom. The van der Waals surface area contributed by atoms with Crippen molar-refractivity contribution < 1.29 is 29.3 Å². The van der Waals surface area contributed by atoms with Crippen molar-refractivity contribution in [2.45, 2.75) is 52.7 Å². The Balaban J connectivity index is 2.34. The Kier molecular flexibility index (Phi) is 7.04. The summed E-state index contributed by atoms with van der Waals surface area (Å²) in [6, 6.07) is 9.47. The molecular weight excluding hydrogens is 360 g/mol. The molecule has 2 aromatic rings. The van der Waals surface area contributed by atoms with Gasteiger partial charge >= 0.3 is 5.97 Å². The predicted molar refractivity (Wildman–Crippen MR) is 105 cm³/mol. The van der Waals surface area contributed by atoms with Gasteiger partial charge in [-0.3, -0.25) is 9.59 Å². The van der Waals surface area contributed by atoms with E-state index in [4.69, 9.17) is 14.6 Å². The summed E-state index contributed by atoms with van der Waals surface area (Å²) in [7, 11) is 0. The van der Waals surface area contributed by atoms with Gasteiger partial charge in [-0.05, 0) is 70.0 Å². The molecule has 0 aliphatic heterocycles. The number of rotatable bonds is 9. The van der Waals surface area contributed by atoms with Gasteiger partial charge in [-0.25, -0.2) is 0 Å². The van der Waals surface area contributed by atoms with E-state index in [1.807, 2.05) is 27.7 Å². The van der Waals surface area contributed by atoms with Crippen LogP contribution in [0, 0.1) is 0 Å². The van der Waals surface area contributed by atoms with E-state index in [1.54, 1.807) is 24.3 Å². The van der Waals surface area contributed by atoms with Crippen molar-refractivity contribution in [3.05, 3.63) is 53.1 Å². The highest BCUT2D eigenvalue weighted by Crippen LogP contribution is 2.29. The van der Waals surface area contributed by atoms with E-state index in [-0.39, 0.29) is 42.1 Å². The first-order valence-corrected chi connectivity index (χ1v) is 9.23. The van der Waals surface area contributed by atoms with Gasteiger partial charge in [-0.2, -0.15) is 0 Å². The average Bonchev–Trinajstić information content (AvgIpc) is 2.59. The lowest BCUT2D eigenvalue weighted by Crippen LogP contribution is -2.10. The van der Waals surface area contributed by atoms with Crippen LogP contribution in [0.25, 0.3) is 0 Å². The number of carboxylic acid groups (broad SMARTS) is 1. The molecule has 2 N–H and O–H groups in total. The number of hydrogen-bond acceptors (Lipinski definition) is 5. The third-order valence-corrected chi connectivity index (χ3v) is 3.88. The minimum Gasteiger partial charge on any atom is -0.507 e. The second-order valence-electron chi connectivity index (χ2n) is 7.06. The lowest BCUT2D eigenvalue weighted by molar-refractivity contribution is -0.136. The molecule has 0 aliphatic carbocycles. The summed E-state index contributed by atoms with van der Waals surface area (Å²) in [4.78, 5) is 23.8. The van der Waals surface area contributed by atoms with Gasteiger partial charge < -0.3 is 19.7 Å². The molecule has 0 radical (unpaired) electrons. The van der Waals surface area contributed by atoms with E-state index in [2.05, 4.69) is 0 Å². The molecule has 2 aromatic carbocycles. The largest absolute Gasteiger partial charge is 0.507 e. The van der Waals surface area contributed by atoms with Crippen molar-refractivity contribution in [3.63, 3.8) is 0 Å². The molecule has 0 atom stereocenters. The Morgan fingerprint density at radius 2 is 1.64 bits per heavy atom. The van der Waals surface area contributed by atoms with Crippen LogP contribution in [0.1, 0.15) is 55.6 Å². The Labute approximate surface area is 164 Å². The van der Waals surface area contributed by atoms with E-state index < -0.39 is 5.97 Å². The number of benzene rings is 2. The molecule has 0 spiro atoms. The fourth-order valence-electron chi connectivity index (χ4n) is 2.73. The van der Waals surface area contributed by atoms with Crippen molar-refractivity contribution in [1.29, 1.82) is 0 Å². The minimum atomic E-state index is -0.925. The third kappa shape index (κ3) is 5.74. The van der Waals surface area contributed by atoms with Crippen molar-refractivity contribution in [2.75, 3.05) is 0 Å². The maximum atomic E-state index is 12.9. The number of carboxylic acids is 1. The maximum absolute atomic E-state index is 12.9. The van der Waals surface area contributed by atoms with Crippen LogP contribution in [0.15, 0.2) is 36.4 Å². The Bertz CT molecular complexity index is 854. The summed E-state index contributed by atoms with van der Waals surface area (Å²) in [6.07, 6.45) is 0.0402. The van der Waals surface area contributed by atoms with Crippen LogP contribution in [0.5, 0.6) is 17.2 Å². The van der Waals surface area contributed by atoms with E-state index in [0.29, 0.717) is 22.6 Å². The number of ether oxygens (including phenoxy) is 2. The van der Waals surface area contributed by atoms with Crippen molar-refractivity contribution in [2.24, 2.45) is 0 Å². The fourth-order valence-corrected chi connectivity index (χ4v) is 2.73. The molecule has 0 fully saturated rings. The molecule has 0 heterocycles. The summed E-state index contributed by atoms with van der Waals surface area (Å²) >= 11 is 0. The summed E-state index contributed by atoms with van der Waals surface area (Å²) in [6.45, 7) is 7.49. The first-order chi connectivity index (χ1) is 13.2. The maximum Gasteiger partial charge on any atom is 0.303 e. The van der Waals surface area contributed by atoms with Gasteiger partial charge in [0.2, 0.25) is 0 Å². The summed E-state index contributed by atoms with van der Waals surface area (Å²) < 4.78 is 11.2. The number of ketones is 1. The van der Waals surface area contributed by atoms with E-state index in [9.17, 15) is 14.7 Å². The second kappa shape index (κ2) is 9.26. The molecule has 6 nitrogen and oxygen atoms in total. The van der Waals surface area contributed by atoms with Gasteiger partial charge in [0, 0.05) is 18.1 Å². The molecule has 0 aromatic heterocycles. The molecule has 0 bridgehead atoms. The van der Waals surface area contributed by atoms with Gasteiger partial charge in [-0.1, -0.05) is 0 Å². The Hall–Kier alpha value is -3.02. The van der Waals surface area contributed by atoms with Crippen LogP contribution < -0.4 is 9.47 Å². The molecule has 6 heteroatoms. The molecule has 0 aliphatic rings. The lowest BCUT2D eigenvalue weighted by Gasteiger charge is -2.15. The number of carbonyl (C=O) groups excluding carboxylic acids is 1. The van der Waals surface area contributed by atoms with Crippen LogP contribution in [0.4, 0.5) is 0 Å². The monoisotopic (exact) mass is 386 g/mol. The van der Waals surface area contributed by atoms with E-state index >= 15 is 0 Å². The molecule has 2 rings (SSSR count). The van der Waals surface area contributed by atoms with Crippen LogP contribution in [0.3, 0.4) is 0 Å². The topological polar surface area (TPSA) is 93.1 Å². The fraction of sp³-hybridized carbons (Fsp3) is 0.364. The number of aromatic hydroxyl groups is 1. The second-order valence-corrected chi connectivity index (χ2v) is 7.06. The van der Waals surface area contributed by atoms with Gasteiger partial charge in [0.05, 0.1) is 17.8 Å². The zero-order valence-corrected chi connectivity index (χ0v) is 16.6. The van der Waals surface area contributed by atoms with Crippen molar-refractivity contribution >= 4 is 11.8 Å². The number of aryl methyl sites for hydroxylation is 1. The molecule has 0 unspecified atom stereocenters. The number of carbonyl (C=O) groups is 2. The zero-order chi connectivity index (χ0) is 20.8. The Morgan fingerprint density at radius 3 is 2.21 bits per heavy atom. The SMILES string of the molecule is CC(C)Oc1ccc(C(=O)c2ccc(OC(C)C)c(CCC(=O)O)c2)c(O)c1. The molecule has 0 saturated heterocycles. The van der Waals surface area contributed by atoms with Crippen molar-refractivity contribution in [1.82, 2.24) is 0 Å². The van der Waals surface area contributed by atoms with Crippen LogP contribution in [-0.2, 0) is 11.2 Å². The molecule has 0 saturated carbocycles. The highest BCUT2D eigenvalue weighted by Gasteiger charge is 2.17. The highest BCUT2D eigenvalue weighted by atomic mass is 16.5. The first kappa shape index (κ1) is 21.3. The van der Waals surface area contributed by atoms with E-state index in [1.165, 1.54) is 12.1 Å². The summed E-state index contributed by atoms with van der Waals surface area (Å²) in [5.74, 6) is -0.422. The third-order valence-electron chi connectivity index (χ3n) is 3.88. The molecule has 0 amide bonds. The molecule has 28 heavy (non-hydrogen) atoms.